The number of rotatable bonds is 5. The molecule has 78 valence electrons. The van der Waals surface area contributed by atoms with Gasteiger partial charge in [-0.25, -0.2) is 0 Å². The summed E-state index contributed by atoms with van der Waals surface area (Å²) >= 11 is 5.63. The van der Waals surface area contributed by atoms with Gasteiger partial charge in [0.25, 0.3) is 0 Å². The number of unbranched alkanes of at least 4 members (excludes halogenated alkanes) is 1. The topological polar surface area (TPSA) is 12.5 Å². The van der Waals surface area contributed by atoms with Gasteiger partial charge in [0.1, 0.15) is 0 Å². The second kappa shape index (κ2) is 5.84. The van der Waals surface area contributed by atoms with Crippen molar-refractivity contribution in [3.63, 3.8) is 0 Å². The van der Waals surface area contributed by atoms with Crippen LogP contribution >= 0.6 is 11.6 Å². The summed E-state index contributed by atoms with van der Waals surface area (Å²) in [5, 5.41) is 0. The van der Waals surface area contributed by atoms with E-state index in [0.717, 1.165) is 25.5 Å². The molecular weight excluding hydrogens is 186 g/mol. The van der Waals surface area contributed by atoms with E-state index in [-0.39, 0.29) is 0 Å². The Morgan fingerprint density at radius 2 is 2.23 bits per heavy atom. The van der Waals surface area contributed by atoms with Crippen LogP contribution in [0.4, 0.5) is 0 Å². The van der Waals surface area contributed by atoms with Crippen molar-refractivity contribution in [2.75, 3.05) is 26.1 Å². The molecule has 0 amide bonds. The van der Waals surface area contributed by atoms with Crippen LogP contribution in [0.25, 0.3) is 0 Å². The predicted molar refractivity (Wildman–Crippen MR) is 56.4 cm³/mol. The van der Waals surface area contributed by atoms with Crippen LogP contribution in [0.15, 0.2) is 0 Å². The first-order chi connectivity index (χ1) is 6.25. The molecule has 1 fully saturated rings. The molecule has 2 nitrogen and oxygen atoms in total. The lowest BCUT2D eigenvalue weighted by Gasteiger charge is -2.26. The van der Waals surface area contributed by atoms with Crippen LogP contribution < -0.4 is 0 Å². The van der Waals surface area contributed by atoms with E-state index in [0.29, 0.717) is 12.1 Å². The summed E-state index contributed by atoms with van der Waals surface area (Å²) in [6.07, 6.45) is 3.90. The SMILES string of the molecule is CC1OCCC1N(C)CCCCCl. The smallest absolute Gasteiger partial charge is 0.0702 e. The molecule has 0 bridgehead atoms. The minimum atomic E-state index is 0.404. The molecule has 1 saturated heterocycles. The highest BCUT2D eigenvalue weighted by atomic mass is 35.5. The molecule has 0 aromatic carbocycles. The Balaban J connectivity index is 2.18. The number of ether oxygens (including phenoxy) is 1. The Hall–Kier alpha value is 0.210. The van der Waals surface area contributed by atoms with Crippen molar-refractivity contribution in [1.29, 1.82) is 0 Å². The molecule has 0 aromatic rings. The highest BCUT2D eigenvalue weighted by molar-refractivity contribution is 6.17. The second-order valence-corrected chi connectivity index (χ2v) is 4.19. The van der Waals surface area contributed by atoms with Gasteiger partial charge < -0.3 is 9.64 Å². The highest BCUT2D eigenvalue weighted by Gasteiger charge is 2.27. The molecule has 3 heteroatoms. The molecule has 13 heavy (non-hydrogen) atoms. The Morgan fingerprint density at radius 3 is 2.77 bits per heavy atom. The van der Waals surface area contributed by atoms with E-state index in [1.165, 1.54) is 12.8 Å². The van der Waals surface area contributed by atoms with Crippen LogP contribution in [-0.2, 0) is 4.74 Å². The molecule has 0 spiro atoms. The van der Waals surface area contributed by atoms with E-state index in [9.17, 15) is 0 Å². The summed E-state index contributed by atoms with van der Waals surface area (Å²) in [7, 11) is 2.18. The molecule has 1 aliphatic heterocycles. The third-order valence-electron chi connectivity index (χ3n) is 2.80. The molecular formula is C10H20ClNO. The maximum absolute atomic E-state index is 5.63. The summed E-state index contributed by atoms with van der Waals surface area (Å²) in [6.45, 7) is 4.23. The van der Waals surface area contributed by atoms with E-state index >= 15 is 0 Å². The zero-order valence-electron chi connectivity index (χ0n) is 8.63. The molecule has 1 rings (SSSR count). The van der Waals surface area contributed by atoms with E-state index in [2.05, 4.69) is 18.9 Å². The van der Waals surface area contributed by atoms with Gasteiger partial charge in [-0.15, -0.1) is 11.6 Å². The van der Waals surface area contributed by atoms with Crippen LogP contribution in [0.1, 0.15) is 26.2 Å². The average molecular weight is 206 g/mol. The fourth-order valence-corrected chi connectivity index (χ4v) is 2.11. The van der Waals surface area contributed by atoms with Crippen molar-refractivity contribution in [1.82, 2.24) is 4.90 Å². The zero-order chi connectivity index (χ0) is 9.68. The van der Waals surface area contributed by atoms with Crippen molar-refractivity contribution < 1.29 is 4.74 Å². The van der Waals surface area contributed by atoms with E-state index in [1.54, 1.807) is 0 Å². The van der Waals surface area contributed by atoms with Crippen LogP contribution in [-0.4, -0.2) is 43.1 Å². The van der Waals surface area contributed by atoms with Crippen LogP contribution in [0.3, 0.4) is 0 Å². The normalized spacial score (nSPS) is 28.6. The van der Waals surface area contributed by atoms with Crippen molar-refractivity contribution in [2.24, 2.45) is 0 Å². The summed E-state index contributed by atoms with van der Waals surface area (Å²) in [6, 6.07) is 0.621. The van der Waals surface area contributed by atoms with Crippen molar-refractivity contribution in [2.45, 2.75) is 38.3 Å². The van der Waals surface area contributed by atoms with E-state index in [1.807, 2.05) is 0 Å². The second-order valence-electron chi connectivity index (χ2n) is 3.81. The van der Waals surface area contributed by atoms with Gasteiger partial charge in [-0.1, -0.05) is 0 Å². The van der Waals surface area contributed by atoms with Gasteiger partial charge >= 0.3 is 0 Å². The third kappa shape index (κ3) is 3.45. The maximum Gasteiger partial charge on any atom is 0.0702 e. The third-order valence-corrected chi connectivity index (χ3v) is 3.06. The Labute approximate surface area is 86.2 Å². The monoisotopic (exact) mass is 205 g/mol. The van der Waals surface area contributed by atoms with Gasteiger partial charge in [0, 0.05) is 18.5 Å². The first kappa shape index (κ1) is 11.3. The number of nitrogens with zero attached hydrogens (tertiary/aromatic N) is 1. The molecule has 0 aliphatic carbocycles. The summed E-state index contributed by atoms with van der Waals surface area (Å²) in [5.74, 6) is 0.782. The molecule has 1 aliphatic rings. The minimum Gasteiger partial charge on any atom is -0.377 e. The molecule has 1 heterocycles. The van der Waals surface area contributed by atoms with Crippen LogP contribution in [0.2, 0.25) is 0 Å². The van der Waals surface area contributed by atoms with E-state index in [4.69, 9.17) is 16.3 Å². The lowest BCUT2D eigenvalue weighted by atomic mass is 10.1. The zero-order valence-corrected chi connectivity index (χ0v) is 9.39. The Morgan fingerprint density at radius 1 is 1.46 bits per heavy atom. The van der Waals surface area contributed by atoms with Gasteiger partial charge in [-0.05, 0) is 39.8 Å². The summed E-state index contributed by atoms with van der Waals surface area (Å²) in [4.78, 5) is 2.41. The standard InChI is InChI=1S/C10H20ClNO/c1-9-10(5-8-13-9)12(2)7-4-3-6-11/h9-10H,3-8H2,1-2H3. The summed E-state index contributed by atoms with van der Waals surface area (Å²) < 4.78 is 5.53. The van der Waals surface area contributed by atoms with Gasteiger partial charge in [-0.2, -0.15) is 0 Å². The Bertz CT molecular complexity index is 143. The average Bonchev–Trinajstić information content (AvgIpc) is 2.52. The number of alkyl halides is 1. The van der Waals surface area contributed by atoms with Crippen LogP contribution in [0, 0.1) is 0 Å². The predicted octanol–water partition coefficient (Wildman–Crippen LogP) is 2.11. The number of halogens is 1. The largest absolute Gasteiger partial charge is 0.377 e. The van der Waals surface area contributed by atoms with Crippen molar-refractivity contribution >= 4 is 11.6 Å². The molecule has 0 aromatic heterocycles. The fraction of sp³-hybridized carbons (Fsp3) is 1.00. The molecule has 0 radical (unpaired) electrons. The summed E-state index contributed by atoms with van der Waals surface area (Å²) in [5.41, 5.74) is 0. The van der Waals surface area contributed by atoms with Gasteiger partial charge in [-0.3, -0.25) is 0 Å². The Kier molecular flexibility index (Phi) is 5.07. The quantitative estimate of drug-likeness (QED) is 0.504. The lowest BCUT2D eigenvalue weighted by molar-refractivity contribution is 0.0833. The minimum absolute atomic E-state index is 0.404. The fourth-order valence-electron chi connectivity index (χ4n) is 1.92. The maximum atomic E-state index is 5.63. The lowest BCUT2D eigenvalue weighted by Crippen LogP contribution is -2.37. The molecule has 2 unspecified atom stereocenters. The van der Waals surface area contributed by atoms with Crippen molar-refractivity contribution in [3.8, 4) is 0 Å². The van der Waals surface area contributed by atoms with Gasteiger partial charge in [0.05, 0.1) is 6.10 Å². The van der Waals surface area contributed by atoms with Crippen molar-refractivity contribution in [3.05, 3.63) is 0 Å². The number of likely N-dealkylation sites (N-methyl/N-ethyl adjacent to an activating group) is 1. The highest BCUT2D eigenvalue weighted by Crippen LogP contribution is 2.18. The first-order valence-corrected chi connectivity index (χ1v) is 5.67. The molecule has 2 atom stereocenters. The molecule has 0 N–H and O–H groups in total. The van der Waals surface area contributed by atoms with Crippen LogP contribution in [0.5, 0.6) is 0 Å². The number of hydrogen-bond donors (Lipinski definition) is 0. The first-order valence-electron chi connectivity index (χ1n) is 5.13. The van der Waals surface area contributed by atoms with E-state index < -0.39 is 0 Å². The molecule has 0 saturated carbocycles. The van der Waals surface area contributed by atoms with Gasteiger partial charge in [0.2, 0.25) is 0 Å². The number of hydrogen-bond acceptors (Lipinski definition) is 2. The van der Waals surface area contributed by atoms with Gasteiger partial charge in [0.15, 0.2) is 0 Å².